The summed E-state index contributed by atoms with van der Waals surface area (Å²) < 4.78 is 12.8. The standard InChI is InChI=1S/C12H15FN4O2/c13-10-3-1-9(2-4-10)11(18)16-5-7-17(8-6-16)12(19)15-14/h1-4H,5-8,14H2,(H,15,19). The van der Waals surface area contributed by atoms with Crippen molar-refractivity contribution in [2.45, 2.75) is 0 Å². The minimum Gasteiger partial charge on any atom is -0.335 e. The Morgan fingerprint density at radius 3 is 2.11 bits per heavy atom. The van der Waals surface area contributed by atoms with Crippen LogP contribution in [0.2, 0.25) is 0 Å². The highest BCUT2D eigenvalue weighted by atomic mass is 19.1. The van der Waals surface area contributed by atoms with Crippen LogP contribution in [0.1, 0.15) is 10.4 Å². The topological polar surface area (TPSA) is 78.7 Å². The number of benzene rings is 1. The Balaban J connectivity index is 1.96. The molecule has 3 amide bonds. The average Bonchev–Trinajstić information content (AvgIpc) is 2.46. The number of urea groups is 1. The second-order valence-electron chi connectivity index (χ2n) is 4.24. The van der Waals surface area contributed by atoms with Crippen LogP contribution in [0, 0.1) is 5.82 Å². The third-order valence-corrected chi connectivity index (χ3v) is 3.07. The third kappa shape index (κ3) is 3.00. The molecule has 3 N–H and O–H groups in total. The molecule has 1 aliphatic rings. The number of carbonyl (C=O) groups excluding carboxylic acids is 2. The summed E-state index contributed by atoms with van der Waals surface area (Å²) in [5, 5.41) is 0. The van der Waals surface area contributed by atoms with Gasteiger partial charge in [-0.1, -0.05) is 0 Å². The van der Waals surface area contributed by atoms with E-state index in [2.05, 4.69) is 5.43 Å². The molecule has 1 aliphatic heterocycles. The van der Waals surface area contributed by atoms with Gasteiger partial charge in [-0.2, -0.15) is 0 Å². The van der Waals surface area contributed by atoms with Crippen molar-refractivity contribution in [3.05, 3.63) is 35.6 Å². The maximum absolute atomic E-state index is 12.8. The number of rotatable bonds is 1. The maximum atomic E-state index is 12.8. The van der Waals surface area contributed by atoms with E-state index in [4.69, 9.17) is 5.84 Å². The van der Waals surface area contributed by atoms with Gasteiger partial charge in [0.1, 0.15) is 5.82 Å². The predicted molar refractivity (Wildman–Crippen MR) is 66.6 cm³/mol. The molecule has 1 fully saturated rings. The summed E-state index contributed by atoms with van der Waals surface area (Å²) in [4.78, 5) is 26.6. The molecule has 1 aromatic carbocycles. The van der Waals surface area contributed by atoms with E-state index in [1.807, 2.05) is 0 Å². The van der Waals surface area contributed by atoms with Crippen molar-refractivity contribution < 1.29 is 14.0 Å². The number of hydrogen-bond donors (Lipinski definition) is 2. The molecule has 0 bridgehead atoms. The summed E-state index contributed by atoms with van der Waals surface area (Å²) >= 11 is 0. The van der Waals surface area contributed by atoms with E-state index in [1.54, 1.807) is 4.90 Å². The van der Waals surface area contributed by atoms with Gasteiger partial charge >= 0.3 is 6.03 Å². The SMILES string of the molecule is NNC(=O)N1CCN(C(=O)c2ccc(F)cc2)CC1. The summed E-state index contributed by atoms with van der Waals surface area (Å²) in [6.07, 6.45) is 0. The fourth-order valence-electron chi connectivity index (χ4n) is 1.98. The minimum absolute atomic E-state index is 0.159. The van der Waals surface area contributed by atoms with E-state index in [0.717, 1.165) is 0 Å². The van der Waals surface area contributed by atoms with Crippen molar-refractivity contribution in [2.75, 3.05) is 26.2 Å². The number of carbonyl (C=O) groups is 2. The molecule has 1 heterocycles. The monoisotopic (exact) mass is 266 g/mol. The van der Waals surface area contributed by atoms with Gasteiger partial charge in [0, 0.05) is 31.7 Å². The summed E-state index contributed by atoms with van der Waals surface area (Å²) in [6, 6.07) is 5.07. The zero-order valence-electron chi connectivity index (χ0n) is 10.3. The summed E-state index contributed by atoms with van der Waals surface area (Å²) in [6.45, 7) is 1.72. The molecule has 19 heavy (non-hydrogen) atoms. The van der Waals surface area contributed by atoms with E-state index in [9.17, 15) is 14.0 Å². The number of hydrogen-bond acceptors (Lipinski definition) is 3. The first kappa shape index (κ1) is 13.3. The predicted octanol–water partition coefficient (Wildman–Crippen LogP) is 0.167. The molecular formula is C12H15FN4O2. The van der Waals surface area contributed by atoms with Crippen LogP contribution in [0.5, 0.6) is 0 Å². The van der Waals surface area contributed by atoms with Crippen LogP contribution in [-0.2, 0) is 0 Å². The molecule has 0 aliphatic carbocycles. The van der Waals surface area contributed by atoms with Gasteiger partial charge in [0.25, 0.3) is 5.91 Å². The third-order valence-electron chi connectivity index (χ3n) is 3.07. The van der Waals surface area contributed by atoms with Crippen molar-refractivity contribution in [3.63, 3.8) is 0 Å². The molecule has 0 saturated carbocycles. The first-order valence-electron chi connectivity index (χ1n) is 5.92. The van der Waals surface area contributed by atoms with Gasteiger partial charge in [-0.25, -0.2) is 15.0 Å². The number of hydrazine groups is 1. The van der Waals surface area contributed by atoms with E-state index >= 15 is 0 Å². The van der Waals surface area contributed by atoms with E-state index in [1.165, 1.54) is 29.2 Å². The van der Waals surface area contributed by atoms with E-state index in [0.29, 0.717) is 31.7 Å². The fraction of sp³-hybridized carbons (Fsp3) is 0.333. The Kier molecular flexibility index (Phi) is 3.96. The zero-order chi connectivity index (χ0) is 13.8. The normalized spacial score (nSPS) is 15.3. The highest BCUT2D eigenvalue weighted by molar-refractivity contribution is 5.94. The Morgan fingerprint density at radius 2 is 1.58 bits per heavy atom. The van der Waals surface area contributed by atoms with Gasteiger partial charge < -0.3 is 9.80 Å². The van der Waals surface area contributed by atoms with Gasteiger partial charge in [0.15, 0.2) is 0 Å². The van der Waals surface area contributed by atoms with Gasteiger partial charge in [-0.3, -0.25) is 10.2 Å². The summed E-state index contributed by atoms with van der Waals surface area (Å²) in [5.74, 6) is 4.51. The van der Waals surface area contributed by atoms with Gasteiger partial charge in [0.2, 0.25) is 0 Å². The summed E-state index contributed by atoms with van der Waals surface area (Å²) in [7, 11) is 0. The zero-order valence-corrected chi connectivity index (χ0v) is 10.3. The molecule has 0 unspecified atom stereocenters. The van der Waals surface area contributed by atoms with Crippen LogP contribution < -0.4 is 11.3 Å². The molecule has 0 aromatic heterocycles. The van der Waals surface area contributed by atoms with Crippen LogP contribution in [0.4, 0.5) is 9.18 Å². The van der Waals surface area contributed by atoms with Crippen LogP contribution in [0.3, 0.4) is 0 Å². The number of nitrogens with one attached hydrogen (secondary N) is 1. The molecule has 1 saturated heterocycles. The molecule has 0 radical (unpaired) electrons. The highest BCUT2D eigenvalue weighted by Crippen LogP contribution is 2.09. The molecule has 0 atom stereocenters. The number of amides is 3. The van der Waals surface area contributed by atoms with Crippen LogP contribution in [0.15, 0.2) is 24.3 Å². The number of nitrogens with two attached hydrogens (primary N) is 1. The summed E-state index contributed by atoms with van der Waals surface area (Å²) in [5.41, 5.74) is 2.50. The van der Waals surface area contributed by atoms with Crippen LogP contribution in [0.25, 0.3) is 0 Å². The highest BCUT2D eigenvalue weighted by Gasteiger charge is 2.24. The number of halogens is 1. The van der Waals surface area contributed by atoms with Crippen molar-refractivity contribution in [1.82, 2.24) is 15.2 Å². The minimum atomic E-state index is -0.374. The lowest BCUT2D eigenvalue weighted by Gasteiger charge is -2.34. The maximum Gasteiger partial charge on any atom is 0.331 e. The molecule has 6 nitrogen and oxygen atoms in total. The Morgan fingerprint density at radius 1 is 1.05 bits per heavy atom. The Hall–Kier alpha value is -2.15. The number of nitrogens with zero attached hydrogens (tertiary/aromatic N) is 2. The van der Waals surface area contributed by atoms with Crippen molar-refractivity contribution in [2.24, 2.45) is 5.84 Å². The second-order valence-corrected chi connectivity index (χ2v) is 4.24. The van der Waals surface area contributed by atoms with Gasteiger partial charge in [-0.05, 0) is 24.3 Å². The van der Waals surface area contributed by atoms with Crippen LogP contribution >= 0.6 is 0 Å². The van der Waals surface area contributed by atoms with E-state index < -0.39 is 0 Å². The first-order chi connectivity index (χ1) is 9.11. The lowest BCUT2D eigenvalue weighted by Crippen LogP contribution is -2.54. The fourth-order valence-corrected chi connectivity index (χ4v) is 1.98. The molecule has 2 rings (SSSR count). The lowest BCUT2D eigenvalue weighted by atomic mass is 10.2. The first-order valence-corrected chi connectivity index (χ1v) is 5.92. The molecule has 102 valence electrons. The quantitative estimate of drug-likeness (QED) is 0.432. The lowest BCUT2D eigenvalue weighted by molar-refractivity contribution is 0.0665. The van der Waals surface area contributed by atoms with Crippen molar-refractivity contribution in [3.8, 4) is 0 Å². The second kappa shape index (κ2) is 5.66. The Labute approximate surface area is 109 Å². The Bertz CT molecular complexity index is 469. The van der Waals surface area contributed by atoms with Gasteiger partial charge in [0.05, 0.1) is 0 Å². The largest absolute Gasteiger partial charge is 0.335 e. The number of piperazine rings is 1. The molecule has 0 spiro atoms. The molecule has 1 aromatic rings. The van der Waals surface area contributed by atoms with Crippen molar-refractivity contribution >= 4 is 11.9 Å². The molecular weight excluding hydrogens is 251 g/mol. The molecule has 7 heteroatoms. The van der Waals surface area contributed by atoms with E-state index in [-0.39, 0.29) is 17.8 Å². The average molecular weight is 266 g/mol. The van der Waals surface area contributed by atoms with Crippen molar-refractivity contribution in [1.29, 1.82) is 0 Å². The van der Waals surface area contributed by atoms with Crippen LogP contribution in [-0.4, -0.2) is 47.9 Å². The van der Waals surface area contributed by atoms with Gasteiger partial charge in [-0.15, -0.1) is 0 Å². The smallest absolute Gasteiger partial charge is 0.331 e.